The zero-order valence-corrected chi connectivity index (χ0v) is 10.6. The molecule has 1 aliphatic heterocycles. The number of thiophene rings is 1. The zero-order chi connectivity index (χ0) is 11.0. The van der Waals surface area contributed by atoms with Crippen LogP contribution in [0.1, 0.15) is 9.75 Å². The molecule has 3 heterocycles. The third-order valence-electron chi connectivity index (χ3n) is 2.22. The maximum absolute atomic E-state index is 12.3. The maximum atomic E-state index is 12.3. The lowest BCUT2D eigenvalue weighted by Gasteiger charge is -2.00. The average molecular weight is 265 g/mol. The molecule has 80 valence electrons. The van der Waals surface area contributed by atoms with Gasteiger partial charge in [-0.1, -0.05) is 6.07 Å². The molecule has 0 saturated heterocycles. The zero-order valence-electron chi connectivity index (χ0n) is 8.12. The Morgan fingerprint density at radius 1 is 1.12 bits per heavy atom. The lowest BCUT2D eigenvalue weighted by molar-refractivity contribution is 0.694. The molecule has 2 aromatic heterocycles. The highest BCUT2D eigenvalue weighted by molar-refractivity contribution is 8.04. The molecule has 2 aromatic rings. The second-order valence-corrected chi connectivity index (χ2v) is 6.42. The highest BCUT2D eigenvalue weighted by Crippen LogP contribution is 2.37. The van der Waals surface area contributed by atoms with E-state index < -0.39 is 10.8 Å². The quantitative estimate of drug-likeness (QED) is 0.833. The fraction of sp³-hybridized carbons (Fsp3) is 0. The van der Waals surface area contributed by atoms with Crippen molar-refractivity contribution in [2.75, 3.05) is 0 Å². The molecule has 1 aliphatic rings. The fourth-order valence-electron chi connectivity index (χ4n) is 1.50. The highest BCUT2D eigenvalue weighted by Gasteiger charge is 2.22. The van der Waals surface area contributed by atoms with Gasteiger partial charge in [-0.25, -0.2) is 4.21 Å². The van der Waals surface area contributed by atoms with Crippen molar-refractivity contribution >= 4 is 43.3 Å². The van der Waals surface area contributed by atoms with Gasteiger partial charge < -0.3 is 0 Å². The summed E-state index contributed by atoms with van der Waals surface area (Å²) in [4.78, 5) is 7.84. The van der Waals surface area contributed by atoms with Crippen LogP contribution in [0.5, 0.6) is 0 Å². The van der Waals surface area contributed by atoms with E-state index in [2.05, 4.69) is 4.98 Å². The number of nitrogens with zero attached hydrogens (tertiary/aromatic N) is 1. The van der Waals surface area contributed by atoms with E-state index in [1.165, 1.54) is 11.3 Å². The van der Waals surface area contributed by atoms with Gasteiger partial charge in [-0.05, 0) is 23.6 Å². The van der Waals surface area contributed by atoms with Gasteiger partial charge in [-0.2, -0.15) is 0 Å². The van der Waals surface area contributed by atoms with Crippen LogP contribution >= 0.6 is 22.7 Å². The van der Waals surface area contributed by atoms with Gasteiger partial charge in [0.05, 0.1) is 31.0 Å². The maximum Gasteiger partial charge on any atom is 0.0879 e. The SMILES string of the molecule is O=S1C(c2cccs2)=CC=C1c1cncs1. The minimum atomic E-state index is -1.05. The summed E-state index contributed by atoms with van der Waals surface area (Å²) >= 11 is 3.14. The van der Waals surface area contributed by atoms with Crippen molar-refractivity contribution in [3.63, 3.8) is 0 Å². The minimum Gasteiger partial charge on any atom is -0.252 e. The Morgan fingerprint density at radius 2 is 1.94 bits per heavy atom. The van der Waals surface area contributed by atoms with E-state index in [-0.39, 0.29) is 0 Å². The van der Waals surface area contributed by atoms with Crippen molar-refractivity contribution < 1.29 is 4.21 Å². The second-order valence-electron chi connectivity index (χ2n) is 3.17. The van der Waals surface area contributed by atoms with Gasteiger partial charge in [-0.3, -0.25) is 4.98 Å². The van der Waals surface area contributed by atoms with Gasteiger partial charge in [0.1, 0.15) is 0 Å². The van der Waals surface area contributed by atoms with E-state index >= 15 is 0 Å². The molecule has 0 amide bonds. The van der Waals surface area contributed by atoms with Gasteiger partial charge in [0, 0.05) is 11.1 Å². The highest BCUT2D eigenvalue weighted by atomic mass is 32.2. The number of hydrogen-bond donors (Lipinski definition) is 0. The molecule has 0 aliphatic carbocycles. The van der Waals surface area contributed by atoms with Gasteiger partial charge >= 0.3 is 0 Å². The standard InChI is InChI=1S/C11H7NOS3/c13-16-10(8-2-1-5-14-8)3-4-11(16)9-6-12-7-15-9/h1-7H. The summed E-state index contributed by atoms with van der Waals surface area (Å²) in [7, 11) is -1.05. The number of thiazole rings is 1. The van der Waals surface area contributed by atoms with Gasteiger partial charge in [0.2, 0.25) is 0 Å². The predicted octanol–water partition coefficient (Wildman–Crippen LogP) is 3.35. The summed E-state index contributed by atoms with van der Waals surface area (Å²) in [6.07, 6.45) is 5.63. The monoisotopic (exact) mass is 265 g/mol. The normalized spacial score (nSPS) is 19.6. The smallest absolute Gasteiger partial charge is 0.0879 e. The minimum absolute atomic E-state index is 0.867. The summed E-state index contributed by atoms with van der Waals surface area (Å²) in [6, 6.07) is 3.97. The van der Waals surface area contributed by atoms with Crippen LogP contribution in [0.2, 0.25) is 0 Å². The molecule has 0 radical (unpaired) electrons. The van der Waals surface area contributed by atoms with Crippen LogP contribution in [-0.2, 0) is 10.8 Å². The number of rotatable bonds is 2. The Morgan fingerprint density at radius 3 is 2.56 bits per heavy atom. The van der Waals surface area contributed by atoms with Crippen molar-refractivity contribution in [1.82, 2.24) is 4.98 Å². The molecule has 3 rings (SSSR count). The predicted molar refractivity (Wildman–Crippen MR) is 70.5 cm³/mol. The van der Waals surface area contributed by atoms with Crippen LogP contribution in [0.25, 0.3) is 9.81 Å². The van der Waals surface area contributed by atoms with Gasteiger partial charge in [0.25, 0.3) is 0 Å². The van der Waals surface area contributed by atoms with E-state index in [9.17, 15) is 4.21 Å². The molecule has 5 heteroatoms. The molecule has 0 N–H and O–H groups in total. The summed E-state index contributed by atoms with van der Waals surface area (Å²) in [6.45, 7) is 0. The van der Waals surface area contributed by atoms with Crippen LogP contribution < -0.4 is 0 Å². The fourth-order valence-corrected chi connectivity index (χ4v) is 4.53. The molecule has 0 bridgehead atoms. The molecule has 0 spiro atoms. The first-order chi connectivity index (χ1) is 7.86. The van der Waals surface area contributed by atoms with Crippen molar-refractivity contribution in [3.8, 4) is 0 Å². The molecule has 1 unspecified atom stereocenters. The van der Waals surface area contributed by atoms with Crippen LogP contribution in [0, 0.1) is 0 Å². The number of aromatic nitrogens is 1. The largest absolute Gasteiger partial charge is 0.252 e. The first-order valence-corrected chi connectivity index (χ1v) is 7.53. The lowest BCUT2D eigenvalue weighted by Crippen LogP contribution is -1.90. The summed E-state index contributed by atoms with van der Waals surface area (Å²) in [5, 5.41) is 2.00. The molecule has 16 heavy (non-hydrogen) atoms. The Hall–Kier alpha value is -1.04. The number of allylic oxidation sites excluding steroid dienone is 2. The molecule has 0 aromatic carbocycles. The Kier molecular flexibility index (Phi) is 2.59. The van der Waals surface area contributed by atoms with Crippen LogP contribution in [-0.4, -0.2) is 9.19 Å². The van der Waals surface area contributed by atoms with Crippen molar-refractivity contribution in [3.05, 3.63) is 51.1 Å². The summed E-state index contributed by atoms with van der Waals surface area (Å²) in [5.74, 6) is 0. The van der Waals surface area contributed by atoms with Crippen LogP contribution in [0.4, 0.5) is 0 Å². The van der Waals surface area contributed by atoms with Crippen molar-refractivity contribution in [1.29, 1.82) is 0 Å². The van der Waals surface area contributed by atoms with E-state index in [1.807, 2.05) is 29.7 Å². The first-order valence-electron chi connectivity index (χ1n) is 4.63. The van der Waals surface area contributed by atoms with Crippen molar-refractivity contribution in [2.24, 2.45) is 0 Å². The first kappa shape index (κ1) is 10.1. The van der Waals surface area contributed by atoms with Gasteiger partial charge in [-0.15, -0.1) is 22.7 Å². The lowest BCUT2D eigenvalue weighted by atomic mass is 10.4. The molecule has 0 saturated carbocycles. The molecule has 0 fully saturated rings. The molecule has 2 nitrogen and oxygen atoms in total. The topological polar surface area (TPSA) is 30.0 Å². The Bertz CT molecular complexity index is 527. The Labute approximate surface area is 103 Å². The average Bonchev–Trinajstić information content (AvgIpc) is 2.96. The van der Waals surface area contributed by atoms with Gasteiger partial charge in [0.15, 0.2) is 0 Å². The Balaban J connectivity index is 1.94. The third kappa shape index (κ3) is 1.61. The summed E-state index contributed by atoms with van der Waals surface area (Å²) in [5.41, 5.74) is 1.76. The molecular formula is C11H7NOS3. The van der Waals surface area contributed by atoms with E-state index in [0.29, 0.717) is 0 Å². The van der Waals surface area contributed by atoms with Crippen LogP contribution in [0.3, 0.4) is 0 Å². The number of hydrogen-bond acceptors (Lipinski definition) is 4. The van der Waals surface area contributed by atoms with Crippen LogP contribution in [0.15, 0.2) is 41.4 Å². The molecule has 1 atom stereocenters. The second kappa shape index (κ2) is 4.08. The van der Waals surface area contributed by atoms with E-state index in [4.69, 9.17) is 0 Å². The van der Waals surface area contributed by atoms with E-state index in [1.54, 1.807) is 23.0 Å². The summed E-state index contributed by atoms with van der Waals surface area (Å²) < 4.78 is 12.3. The molecular weight excluding hydrogens is 258 g/mol. The third-order valence-corrected chi connectivity index (χ3v) is 5.70. The van der Waals surface area contributed by atoms with E-state index in [0.717, 1.165) is 19.6 Å². The van der Waals surface area contributed by atoms with Crippen molar-refractivity contribution in [2.45, 2.75) is 0 Å².